The minimum atomic E-state index is -3.35. The fourth-order valence-electron chi connectivity index (χ4n) is 5.09. The second kappa shape index (κ2) is 8.51. The van der Waals surface area contributed by atoms with Crippen LogP contribution >= 0.6 is 0 Å². The average Bonchev–Trinajstić information content (AvgIpc) is 3.57. The third-order valence-electron chi connectivity index (χ3n) is 6.86. The molecule has 0 unspecified atom stereocenters. The van der Waals surface area contributed by atoms with Crippen molar-refractivity contribution in [2.45, 2.75) is 77.1 Å². The number of hydrogen-bond acceptors (Lipinski definition) is 3. The van der Waals surface area contributed by atoms with E-state index in [1.54, 1.807) is 12.3 Å². The lowest BCUT2D eigenvalue weighted by Crippen LogP contribution is -2.29. The maximum Gasteiger partial charge on any atom is 0.215 e. The molecule has 1 aromatic carbocycles. The van der Waals surface area contributed by atoms with Crippen molar-refractivity contribution < 1.29 is 12.8 Å². The minimum Gasteiger partial charge on any atom is -0.347 e. The van der Waals surface area contributed by atoms with Gasteiger partial charge in [0.25, 0.3) is 0 Å². The summed E-state index contributed by atoms with van der Waals surface area (Å²) in [5.41, 5.74) is 5.53. The zero-order valence-corrected chi connectivity index (χ0v) is 20.4. The van der Waals surface area contributed by atoms with Gasteiger partial charge in [-0.3, -0.25) is 4.98 Å². The number of benzene rings is 1. The molecule has 2 aliphatic rings. The van der Waals surface area contributed by atoms with Crippen molar-refractivity contribution in [2.24, 2.45) is 5.92 Å². The summed E-state index contributed by atoms with van der Waals surface area (Å²) < 4.78 is 45.7. The summed E-state index contributed by atoms with van der Waals surface area (Å²) in [6, 6.07) is 5.04. The first-order valence-corrected chi connectivity index (χ1v) is 13.6. The highest BCUT2D eigenvalue weighted by atomic mass is 32.2. The van der Waals surface area contributed by atoms with Crippen LogP contribution in [0.25, 0.3) is 22.0 Å². The number of pyridine rings is 1. The van der Waals surface area contributed by atoms with Crippen LogP contribution in [0.15, 0.2) is 30.6 Å². The van der Waals surface area contributed by atoms with Gasteiger partial charge in [0.2, 0.25) is 10.0 Å². The number of aromatic nitrogens is 2. The summed E-state index contributed by atoms with van der Waals surface area (Å²) >= 11 is 0. The number of rotatable bonds is 7. The van der Waals surface area contributed by atoms with Crippen molar-refractivity contribution in [3.8, 4) is 11.1 Å². The van der Waals surface area contributed by atoms with E-state index >= 15 is 4.39 Å². The summed E-state index contributed by atoms with van der Waals surface area (Å²) in [6.45, 7) is 6.92. The van der Waals surface area contributed by atoms with E-state index in [0.717, 1.165) is 65.5 Å². The van der Waals surface area contributed by atoms with Crippen molar-refractivity contribution in [1.29, 1.82) is 0 Å². The molecule has 1 N–H and O–H groups in total. The molecule has 7 heteroatoms. The number of halogens is 1. The van der Waals surface area contributed by atoms with Gasteiger partial charge in [0, 0.05) is 47.1 Å². The molecule has 2 aromatic heterocycles. The monoisotopic (exact) mass is 469 g/mol. The predicted molar refractivity (Wildman–Crippen MR) is 130 cm³/mol. The maximum atomic E-state index is 15.6. The fourth-order valence-corrected chi connectivity index (χ4v) is 6.66. The number of fused-ring (bicyclic) bond motifs is 2. The Morgan fingerprint density at radius 3 is 2.64 bits per heavy atom. The van der Waals surface area contributed by atoms with E-state index in [-0.39, 0.29) is 11.1 Å². The van der Waals surface area contributed by atoms with E-state index in [4.69, 9.17) is 0 Å². The molecule has 0 saturated heterocycles. The minimum absolute atomic E-state index is 0.276. The van der Waals surface area contributed by atoms with Crippen LogP contribution in [0.4, 0.5) is 4.39 Å². The topological polar surface area (TPSA) is 64.0 Å². The van der Waals surface area contributed by atoms with E-state index in [1.165, 1.54) is 0 Å². The Kier molecular flexibility index (Phi) is 5.81. The molecule has 0 radical (unpaired) electrons. The van der Waals surface area contributed by atoms with Crippen LogP contribution in [0.5, 0.6) is 0 Å². The van der Waals surface area contributed by atoms with Gasteiger partial charge in [-0.25, -0.2) is 17.5 Å². The molecule has 5 nitrogen and oxygen atoms in total. The molecule has 0 aliphatic heterocycles. The second-order valence-corrected chi connectivity index (χ2v) is 12.0. The van der Waals surface area contributed by atoms with E-state index in [0.29, 0.717) is 24.3 Å². The molecule has 176 valence electrons. The van der Waals surface area contributed by atoms with Crippen LogP contribution in [0, 0.1) is 11.7 Å². The summed E-state index contributed by atoms with van der Waals surface area (Å²) in [6.07, 6.45) is 9.30. The standard InChI is InChI=1S/C26H32FN3O2S/c1-16(2)14-30-15-23(17(3)29-33(31,32)18-8-9-18)22-12-24(27)21(13-26(22)30)19-10-11-28-25-7-5-4-6-20(19)25/h10-13,15-18,29H,4-9,14H2,1-3H3/t17-/m1/s1. The smallest absolute Gasteiger partial charge is 0.215 e. The normalized spacial score (nSPS) is 17.5. The van der Waals surface area contributed by atoms with Gasteiger partial charge in [0.15, 0.2) is 0 Å². The number of hydrogen-bond donors (Lipinski definition) is 1. The first-order chi connectivity index (χ1) is 15.7. The second-order valence-electron chi connectivity index (χ2n) is 10.1. The molecule has 33 heavy (non-hydrogen) atoms. The van der Waals surface area contributed by atoms with Gasteiger partial charge in [0.05, 0.1) is 5.25 Å². The van der Waals surface area contributed by atoms with Crippen LogP contribution < -0.4 is 4.72 Å². The van der Waals surface area contributed by atoms with Gasteiger partial charge in [-0.2, -0.15) is 0 Å². The summed E-state index contributed by atoms with van der Waals surface area (Å²) in [7, 11) is -3.35. The molecule has 1 saturated carbocycles. The number of aryl methyl sites for hydroxylation is 1. The van der Waals surface area contributed by atoms with Gasteiger partial charge in [-0.05, 0) is 86.3 Å². The molecule has 1 atom stereocenters. The van der Waals surface area contributed by atoms with Gasteiger partial charge < -0.3 is 4.57 Å². The largest absolute Gasteiger partial charge is 0.347 e. The van der Waals surface area contributed by atoms with Crippen LogP contribution in [0.3, 0.4) is 0 Å². The lowest BCUT2D eigenvalue weighted by molar-refractivity contribution is 0.532. The molecule has 0 amide bonds. The van der Waals surface area contributed by atoms with Gasteiger partial charge in [-0.1, -0.05) is 13.8 Å². The Labute approximate surface area is 195 Å². The molecular formula is C26H32FN3O2S. The first kappa shape index (κ1) is 22.5. The Hall–Kier alpha value is -2.25. The molecule has 2 heterocycles. The van der Waals surface area contributed by atoms with Crippen LogP contribution in [-0.2, 0) is 29.4 Å². The zero-order valence-electron chi connectivity index (χ0n) is 19.6. The van der Waals surface area contributed by atoms with Crippen molar-refractivity contribution in [3.63, 3.8) is 0 Å². The van der Waals surface area contributed by atoms with E-state index in [2.05, 4.69) is 28.1 Å². The Bertz CT molecular complexity index is 1310. The Balaban J connectivity index is 1.63. The third-order valence-corrected chi connectivity index (χ3v) is 8.89. The zero-order chi connectivity index (χ0) is 23.3. The fraction of sp³-hybridized carbons (Fsp3) is 0.500. The highest BCUT2D eigenvalue weighted by Crippen LogP contribution is 2.37. The quantitative estimate of drug-likeness (QED) is 0.496. The highest BCUT2D eigenvalue weighted by Gasteiger charge is 2.37. The SMILES string of the molecule is CC(C)Cn1cc([C@@H](C)NS(=O)(=O)C2CC2)c2cc(F)c(-c3ccnc4c3CCCC4)cc21. The third kappa shape index (κ3) is 4.33. The molecule has 0 spiro atoms. The summed E-state index contributed by atoms with van der Waals surface area (Å²) in [4.78, 5) is 4.54. The average molecular weight is 470 g/mol. The summed E-state index contributed by atoms with van der Waals surface area (Å²) in [5.74, 6) is 0.122. The Morgan fingerprint density at radius 2 is 1.91 bits per heavy atom. The van der Waals surface area contributed by atoms with Crippen LogP contribution in [-0.4, -0.2) is 23.2 Å². The van der Waals surface area contributed by atoms with Gasteiger partial charge in [-0.15, -0.1) is 0 Å². The van der Waals surface area contributed by atoms with Gasteiger partial charge >= 0.3 is 0 Å². The van der Waals surface area contributed by atoms with E-state index < -0.39 is 16.1 Å². The molecule has 0 bridgehead atoms. The lowest BCUT2D eigenvalue weighted by atomic mass is 9.89. The first-order valence-electron chi connectivity index (χ1n) is 12.0. The van der Waals surface area contributed by atoms with E-state index in [1.807, 2.05) is 25.3 Å². The maximum absolute atomic E-state index is 15.6. The molecule has 5 rings (SSSR count). The predicted octanol–water partition coefficient (Wildman–Crippen LogP) is 5.52. The number of nitrogens with one attached hydrogen (secondary N) is 1. The van der Waals surface area contributed by atoms with Gasteiger partial charge in [0.1, 0.15) is 5.82 Å². The van der Waals surface area contributed by atoms with Crippen LogP contribution in [0.1, 0.15) is 69.3 Å². The molecule has 1 fully saturated rings. The summed E-state index contributed by atoms with van der Waals surface area (Å²) in [5, 5.41) is 0.482. The van der Waals surface area contributed by atoms with Crippen LogP contribution in [0.2, 0.25) is 0 Å². The van der Waals surface area contributed by atoms with Crippen molar-refractivity contribution in [3.05, 3.63) is 53.2 Å². The van der Waals surface area contributed by atoms with Crippen molar-refractivity contribution >= 4 is 20.9 Å². The number of sulfonamides is 1. The van der Waals surface area contributed by atoms with Crippen molar-refractivity contribution in [1.82, 2.24) is 14.3 Å². The molecule has 3 aromatic rings. The lowest BCUT2D eigenvalue weighted by Gasteiger charge is -2.19. The molecular weight excluding hydrogens is 437 g/mol. The molecule has 2 aliphatic carbocycles. The number of nitrogens with zero attached hydrogens (tertiary/aromatic N) is 2. The Morgan fingerprint density at radius 1 is 1.15 bits per heavy atom. The van der Waals surface area contributed by atoms with Crippen molar-refractivity contribution in [2.75, 3.05) is 0 Å². The highest BCUT2D eigenvalue weighted by molar-refractivity contribution is 7.90. The van der Waals surface area contributed by atoms with E-state index in [9.17, 15) is 8.42 Å².